The number of likely N-dealkylation sites (tertiary alicyclic amines) is 1. The second-order valence-electron chi connectivity index (χ2n) is 9.42. The Hall–Kier alpha value is -3.09. The van der Waals surface area contributed by atoms with Gasteiger partial charge in [-0.3, -0.25) is 14.4 Å². The van der Waals surface area contributed by atoms with Crippen LogP contribution in [0.1, 0.15) is 83.1 Å². The molecular formula is C26H34N4O3. The maximum atomic E-state index is 13.3. The monoisotopic (exact) mass is 450 g/mol. The van der Waals surface area contributed by atoms with Crippen molar-refractivity contribution >= 4 is 23.4 Å². The number of primary amides is 1. The van der Waals surface area contributed by atoms with Crippen LogP contribution < -0.4 is 11.1 Å². The van der Waals surface area contributed by atoms with E-state index in [0.717, 1.165) is 24.2 Å². The minimum Gasteiger partial charge on any atom is -0.369 e. The van der Waals surface area contributed by atoms with Crippen LogP contribution in [0.5, 0.6) is 0 Å². The lowest BCUT2D eigenvalue weighted by atomic mass is 9.95. The van der Waals surface area contributed by atoms with E-state index >= 15 is 0 Å². The Labute approximate surface area is 195 Å². The predicted molar refractivity (Wildman–Crippen MR) is 128 cm³/mol. The average Bonchev–Trinajstić information content (AvgIpc) is 3.13. The van der Waals surface area contributed by atoms with E-state index in [9.17, 15) is 14.4 Å². The van der Waals surface area contributed by atoms with Crippen molar-refractivity contribution in [3.8, 4) is 0 Å². The van der Waals surface area contributed by atoms with Crippen LogP contribution in [0.15, 0.2) is 30.3 Å². The van der Waals surface area contributed by atoms with Crippen LogP contribution in [-0.4, -0.2) is 40.3 Å². The molecule has 1 saturated carbocycles. The number of nitrogens with one attached hydrogen (secondary N) is 1. The van der Waals surface area contributed by atoms with Gasteiger partial charge in [0.05, 0.1) is 16.8 Å². The predicted octanol–water partition coefficient (Wildman–Crippen LogP) is 4.20. The summed E-state index contributed by atoms with van der Waals surface area (Å²) in [6.45, 7) is 5.04. The lowest BCUT2D eigenvalue weighted by Gasteiger charge is -2.31. The second-order valence-corrected chi connectivity index (χ2v) is 9.42. The number of para-hydroxylation sites is 1. The summed E-state index contributed by atoms with van der Waals surface area (Å²) in [5, 5.41) is 2.98. The van der Waals surface area contributed by atoms with Crippen LogP contribution in [0.2, 0.25) is 0 Å². The van der Waals surface area contributed by atoms with Crippen molar-refractivity contribution in [3.63, 3.8) is 0 Å². The van der Waals surface area contributed by atoms with Gasteiger partial charge in [0.25, 0.3) is 11.8 Å². The van der Waals surface area contributed by atoms with Crippen LogP contribution in [0.4, 0.5) is 5.69 Å². The van der Waals surface area contributed by atoms with Gasteiger partial charge in [0.2, 0.25) is 5.91 Å². The van der Waals surface area contributed by atoms with Gasteiger partial charge in [0.1, 0.15) is 0 Å². The molecule has 2 heterocycles. The highest BCUT2D eigenvalue weighted by Gasteiger charge is 2.28. The Bertz CT molecular complexity index is 1040. The summed E-state index contributed by atoms with van der Waals surface area (Å²) >= 11 is 0. The number of rotatable bonds is 5. The van der Waals surface area contributed by atoms with E-state index in [4.69, 9.17) is 5.73 Å². The summed E-state index contributed by atoms with van der Waals surface area (Å²) in [5.74, 6) is -0.816. The van der Waals surface area contributed by atoms with Gasteiger partial charge in [-0.2, -0.15) is 0 Å². The van der Waals surface area contributed by atoms with Crippen molar-refractivity contribution in [2.24, 2.45) is 11.7 Å². The normalized spacial score (nSPS) is 17.7. The molecule has 2 aromatic rings. The molecule has 4 rings (SSSR count). The smallest absolute Gasteiger partial charge is 0.257 e. The van der Waals surface area contributed by atoms with E-state index in [2.05, 4.69) is 16.8 Å². The Balaban J connectivity index is 1.51. The van der Waals surface area contributed by atoms with Crippen LogP contribution in [0, 0.1) is 19.8 Å². The molecule has 0 bridgehead atoms. The van der Waals surface area contributed by atoms with E-state index in [0.29, 0.717) is 48.8 Å². The van der Waals surface area contributed by atoms with Gasteiger partial charge in [0.15, 0.2) is 0 Å². The van der Waals surface area contributed by atoms with Crippen molar-refractivity contribution in [3.05, 3.63) is 52.8 Å². The molecule has 7 heteroatoms. The van der Waals surface area contributed by atoms with Gasteiger partial charge in [-0.25, -0.2) is 0 Å². The fourth-order valence-corrected chi connectivity index (χ4v) is 5.41. The topological polar surface area (TPSA) is 97.4 Å². The first-order valence-corrected chi connectivity index (χ1v) is 12.0. The van der Waals surface area contributed by atoms with Crippen molar-refractivity contribution in [2.75, 3.05) is 18.4 Å². The van der Waals surface area contributed by atoms with Gasteiger partial charge in [-0.15, -0.1) is 0 Å². The lowest BCUT2D eigenvalue weighted by Crippen LogP contribution is -2.42. The van der Waals surface area contributed by atoms with E-state index in [-0.39, 0.29) is 23.6 Å². The Morgan fingerprint density at radius 3 is 2.27 bits per heavy atom. The minimum atomic E-state index is -0.305. The SMILES string of the molecule is Cc1cc(C(=O)Nc2ccccc2C(=O)N2CCC(C(N)=O)CC2)c(C)n1C1CCCCC1. The summed E-state index contributed by atoms with van der Waals surface area (Å²) in [4.78, 5) is 39.6. The van der Waals surface area contributed by atoms with Crippen molar-refractivity contribution in [1.82, 2.24) is 9.47 Å². The molecule has 176 valence electrons. The van der Waals surface area contributed by atoms with Gasteiger partial charge in [-0.1, -0.05) is 31.4 Å². The van der Waals surface area contributed by atoms with Gasteiger partial charge in [-0.05, 0) is 57.7 Å². The molecule has 0 unspecified atom stereocenters. The van der Waals surface area contributed by atoms with E-state index < -0.39 is 0 Å². The number of hydrogen-bond acceptors (Lipinski definition) is 3. The largest absolute Gasteiger partial charge is 0.369 e. The summed E-state index contributed by atoms with van der Waals surface area (Å²) < 4.78 is 2.31. The minimum absolute atomic E-state index is 0.138. The molecule has 7 nitrogen and oxygen atoms in total. The number of piperidine rings is 1. The summed E-state index contributed by atoms with van der Waals surface area (Å²) in [6, 6.07) is 9.53. The lowest BCUT2D eigenvalue weighted by molar-refractivity contribution is -0.123. The summed E-state index contributed by atoms with van der Waals surface area (Å²) in [6.07, 6.45) is 7.20. The van der Waals surface area contributed by atoms with Crippen LogP contribution in [0.25, 0.3) is 0 Å². The van der Waals surface area contributed by atoms with Crippen LogP contribution >= 0.6 is 0 Å². The third-order valence-corrected chi connectivity index (χ3v) is 7.26. The molecule has 2 fully saturated rings. The zero-order valence-corrected chi connectivity index (χ0v) is 19.6. The average molecular weight is 451 g/mol. The third-order valence-electron chi connectivity index (χ3n) is 7.26. The zero-order chi connectivity index (χ0) is 23.5. The number of hydrogen-bond donors (Lipinski definition) is 2. The number of carbonyl (C=O) groups is 3. The molecular weight excluding hydrogens is 416 g/mol. The molecule has 3 N–H and O–H groups in total. The van der Waals surface area contributed by atoms with E-state index in [1.807, 2.05) is 19.1 Å². The number of aromatic nitrogens is 1. The fourth-order valence-electron chi connectivity index (χ4n) is 5.41. The van der Waals surface area contributed by atoms with Gasteiger partial charge in [0, 0.05) is 36.4 Å². The zero-order valence-electron chi connectivity index (χ0n) is 19.6. The fraction of sp³-hybridized carbons (Fsp3) is 0.500. The highest BCUT2D eigenvalue weighted by atomic mass is 16.2. The number of amides is 3. The molecule has 1 aromatic heterocycles. The van der Waals surface area contributed by atoms with Crippen molar-refractivity contribution in [2.45, 2.75) is 64.8 Å². The van der Waals surface area contributed by atoms with Crippen LogP contribution in [-0.2, 0) is 4.79 Å². The molecule has 1 saturated heterocycles. The summed E-state index contributed by atoms with van der Waals surface area (Å²) in [5.41, 5.74) is 9.12. The number of nitrogens with two attached hydrogens (primary N) is 1. The molecule has 1 aliphatic carbocycles. The summed E-state index contributed by atoms with van der Waals surface area (Å²) in [7, 11) is 0. The number of carbonyl (C=O) groups excluding carboxylic acids is 3. The van der Waals surface area contributed by atoms with Gasteiger partial charge >= 0.3 is 0 Å². The van der Waals surface area contributed by atoms with E-state index in [1.165, 1.54) is 19.3 Å². The highest BCUT2D eigenvalue weighted by Crippen LogP contribution is 2.32. The maximum absolute atomic E-state index is 13.3. The Morgan fingerprint density at radius 1 is 0.939 bits per heavy atom. The number of anilines is 1. The molecule has 0 atom stereocenters. The molecule has 1 aromatic carbocycles. The number of aryl methyl sites for hydroxylation is 1. The third kappa shape index (κ3) is 4.82. The standard InChI is InChI=1S/C26H34N4O3/c1-17-16-22(18(2)30(17)20-8-4-3-5-9-20)25(32)28-23-11-7-6-10-21(23)26(33)29-14-12-19(13-15-29)24(27)31/h6-7,10-11,16,19-20H,3-5,8-9,12-15H2,1-2H3,(H2,27,31)(H,28,32). The molecule has 2 aliphatic rings. The number of nitrogens with zero attached hydrogens (tertiary/aromatic N) is 2. The molecule has 0 radical (unpaired) electrons. The van der Waals surface area contributed by atoms with Crippen molar-refractivity contribution < 1.29 is 14.4 Å². The first-order chi connectivity index (χ1) is 15.9. The van der Waals surface area contributed by atoms with E-state index in [1.54, 1.807) is 23.1 Å². The van der Waals surface area contributed by atoms with Crippen molar-refractivity contribution in [1.29, 1.82) is 0 Å². The molecule has 0 spiro atoms. The second kappa shape index (κ2) is 9.81. The first kappa shape index (κ1) is 23.1. The molecule has 33 heavy (non-hydrogen) atoms. The van der Waals surface area contributed by atoms with Crippen LogP contribution in [0.3, 0.4) is 0 Å². The van der Waals surface area contributed by atoms with Gasteiger partial charge < -0.3 is 20.5 Å². The molecule has 1 aliphatic heterocycles. The Kier molecular flexibility index (Phi) is 6.86. The highest BCUT2D eigenvalue weighted by molar-refractivity contribution is 6.09. The Morgan fingerprint density at radius 2 is 1.61 bits per heavy atom. The quantitative estimate of drug-likeness (QED) is 0.714. The molecule has 3 amide bonds. The maximum Gasteiger partial charge on any atom is 0.257 e. The first-order valence-electron chi connectivity index (χ1n) is 12.0. The number of benzene rings is 1.